The van der Waals surface area contributed by atoms with Gasteiger partial charge >= 0.3 is 5.97 Å². The second-order valence-corrected chi connectivity index (χ2v) is 4.21. The summed E-state index contributed by atoms with van der Waals surface area (Å²) in [5.41, 5.74) is -0.274. The monoisotopic (exact) mass is 295 g/mol. The predicted molar refractivity (Wildman–Crippen MR) is 74.5 cm³/mol. The maximum Gasteiger partial charge on any atom is 0.305 e. The first-order valence-electron chi connectivity index (χ1n) is 6.60. The van der Waals surface area contributed by atoms with Crippen LogP contribution in [0.3, 0.4) is 0 Å². The average Bonchev–Trinajstić information content (AvgIpc) is 2.46. The molecule has 0 radical (unpaired) electrons. The van der Waals surface area contributed by atoms with Crippen LogP contribution in [0.5, 0.6) is 5.75 Å². The lowest BCUT2D eigenvalue weighted by Gasteiger charge is -2.06. The highest BCUT2D eigenvalue weighted by atomic mass is 16.6. The van der Waals surface area contributed by atoms with E-state index in [1.54, 1.807) is 6.92 Å². The molecule has 0 atom stereocenters. The van der Waals surface area contributed by atoms with Crippen LogP contribution >= 0.6 is 0 Å². The van der Waals surface area contributed by atoms with Gasteiger partial charge in [0.05, 0.1) is 23.7 Å². The van der Waals surface area contributed by atoms with E-state index >= 15 is 0 Å². The Morgan fingerprint density at radius 2 is 2.14 bits per heavy atom. The molecule has 1 aromatic rings. The summed E-state index contributed by atoms with van der Waals surface area (Å²) in [5, 5.41) is 10.7. The number of esters is 1. The summed E-state index contributed by atoms with van der Waals surface area (Å²) in [6.07, 6.45) is 2.03. The molecule has 0 aliphatic heterocycles. The van der Waals surface area contributed by atoms with E-state index in [1.807, 2.05) is 0 Å². The Morgan fingerprint density at radius 1 is 1.38 bits per heavy atom. The van der Waals surface area contributed by atoms with Gasteiger partial charge in [-0.25, -0.2) is 0 Å². The molecule has 7 nitrogen and oxygen atoms in total. The Kier molecular flexibility index (Phi) is 6.86. The van der Waals surface area contributed by atoms with Gasteiger partial charge in [-0.3, -0.25) is 19.7 Å². The number of benzene rings is 1. The van der Waals surface area contributed by atoms with Crippen LogP contribution in [0.1, 0.15) is 36.5 Å². The molecule has 7 heteroatoms. The first-order valence-corrected chi connectivity index (χ1v) is 6.60. The minimum absolute atomic E-state index is 0.0241. The van der Waals surface area contributed by atoms with Crippen molar-refractivity contribution in [2.24, 2.45) is 0 Å². The molecule has 0 spiro atoms. The van der Waals surface area contributed by atoms with Gasteiger partial charge in [0.15, 0.2) is 6.29 Å². The summed E-state index contributed by atoms with van der Waals surface area (Å²) in [7, 11) is 0. The fraction of sp³-hybridized carbons (Fsp3) is 0.429. The number of ether oxygens (including phenoxy) is 2. The second kappa shape index (κ2) is 8.68. The number of unbranched alkanes of at least 4 members (excludes halogenated alkanes) is 1. The van der Waals surface area contributed by atoms with Crippen LogP contribution < -0.4 is 4.74 Å². The van der Waals surface area contributed by atoms with Crippen LogP contribution in [0, 0.1) is 10.1 Å². The van der Waals surface area contributed by atoms with E-state index in [4.69, 9.17) is 9.47 Å². The Labute approximate surface area is 122 Å². The molecular weight excluding hydrogens is 278 g/mol. The summed E-state index contributed by atoms with van der Waals surface area (Å²) in [4.78, 5) is 31.9. The molecule has 0 fully saturated rings. The van der Waals surface area contributed by atoms with E-state index in [1.165, 1.54) is 18.2 Å². The van der Waals surface area contributed by atoms with Crippen LogP contribution in [0.2, 0.25) is 0 Å². The van der Waals surface area contributed by atoms with E-state index in [2.05, 4.69) is 0 Å². The van der Waals surface area contributed by atoms with E-state index < -0.39 is 4.92 Å². The summed E-state index contributed by atoms with van der Waals surface area (Å²) >= 11 is 0. The highest BCUT2D eigenvalue weighted by Crippen LogP contribution is 2.22. The van der Waals surface area contributed by atoms with Crippen molar-refractivity contribution in [3.63, 3.8) is 0 Å². The molecule has 0 aliphatic rings. The SMILES string of the molecule is CCOC(=O)CCCCOc1ccc([N+](=O)[O-])c(C=O)c1. The van der Waals surface area contributed by atoms with Crippen LogP contribution in [0.4, 0.5) is 5.69 Å². The molecule has 0 unspecified atom stereocenters. The van der Waals surface area contributed by atoms with Gasteiger partial charge in [0.2, 0.25) is 0 Å². The third kappa shape index (κ3) is 5.60. The normalized spacial score (nSPS) is 9.95. The molecule has 0 saturated carbocycles. The zero-order valence-electron chi connectivity index (χ0n) is 11.7. The predicted octanol–water partition coefficient (Wildman–Crippen LogP) is 2.52. The van der Waals surface area contributed by atoms with Gasteiger partial charge in [0.25, 0.3) is 5.69 Å². The number of nitro groups is 1. The quantitative estimate of drug-likeness (QED) is 0.228. The number of nitro benzene ring substituents is 1. The van der Waals surface area contributed by atoms with Gasteiger partial charge in [-0.15, -0.1) is 0 Å². The molecule has 0 bridgehead atoms. The first-order chi connectivity index (χ1) is 10.1. The molecular formula is C14H17NO6. The minimum Gasteiger partial charge on any atom is -0.494 e. The van der Waals surface area contributed by atoms with Crippen molar-refractivity contribution in [1.82, 2.24) is 0 Å². The molecule has 0 amide bonds. The molecule has 1 aromatic carbocycles. The lowest BCUT2D eigenvalue weighted by molar-refractivity contribution is -0.385. The molecule has 0 saturated heterocycles. The zero-order chi connectivity index (χ0) is 15.7. The third-order valence-electron chi connectivity index (χ3n) is 2.67. The number of carbonyl (C=O) groups excluding carboxylic acids is 2. The maximum absolute atomic E-state index is 11.1. The summed E-state index contributed by atoms with van der Waals surface area (Å²) < 4.78 is 10.2. The van der Waals surface area contributed by atoms with Crippen LogP contribution in [-0.2, 0) is 9.53 Å². The van der Waals surface area contributed by atoms with E-state index in [0.29, 0.717) is 44.5 Å². The van der Waals surface area contributed by atoms with Crippen molar-refractivity contribution in [2.45, 2.75) is 26.2 Å². The fourth-order valence-corrected chi connectivity index (χ4v) is 1.68. The lowest BCUT2D eigenvalue weighted by Crippen LogP contribution is -2.05. The zero-order valence-corrected chi connectivity index (χ0v) is 11.7. The fourth-order valence-electron chi connectivity index (χ4n) is 1.68. The first kappa shape index (κ1) is 16.6. The van der Waals surface area contributed by atoms with Crippen LogP contribution in [0.15, 0.2) is 18.2 Å². The molecule has 114 valence electrons. The Balaban J connectivity index is 2.41. The van der Waals surface area contributed by atoms with Crippen LogP contribution in [0.25, 0.3) is 0 Å². The van der Waals surface area contributed by atoms with Gasteiger partial charge in [0.1, 0.15) is 5.75 Å². The summed E-state index contributed by atoms with van der Waals surface area (Å²) in [5.74, 6) is 0.148. The van der Waals surface area contributed by atoms with E-state index in [0.717, 1.165) is 0 Å². The number of rotatable bonds is 9. The summed E-state index contributed by atoms with van der Waals surface area (Å²) in [6.45, 7) is 2.47. The van der Waals surface area contributed by atoms with E-state index in [-0.39, 0.29) is 17.2 Å². The molecule has 1 rings (SSSR count). The van der Waals surface area contributed by atoms with Crippen molar-refractivity contribution in [3.8, 4) is 5.75 Å². The standard InChI is InChI=1S/C14H17NO6/c1-2-20-14(17)5-3-4-8-21-12-6-7-13(15(18)19)11(9-12)10-16/h6-7,9-10H,2-5,8H2,1H3. The average molecular weight is 295 g/mol. The van der Waals surface area contributed by atoms with Crippen molar-refractivity contribution in [3.05, 3.63) is 33.9 Å². The number of aldehydes is 1. The number of hydrogen-bond donors (Lipinski definition) is 0. The van der Waals surface area contributed by atoms with Crippen molar-refractivity contribution >= 4 is 17.9 Å². The van der Waals surface area contributed by atoms with Crippen LogP contribution in [-0.4, -0.2) is 30.4 Å². The van der Waals surface area contributed by atoms with E-state index in [9.17, 15) is 19.7 Å². The second-order valence-electron chi connectivity index (χ2n) is 4.21. The van der Waals surface area contributed by atoms with Gasteiger partial charge in [0, 0.05) is 12.5 Å². The van der Waals surface area contributed by atoms with Gasteiger partial charge in [-0.05, 0) is 31.9 Å². The van der Waals surface area contributed by atoms with Crippen molar-refractivity contribution in [2.75, 3.05) is 13.2 Å². The maximum atomic E-state index is 11.1. The number of nitrogens with zero attached hydrogens (tertiary/aromatic N) is 1. The molecule has 0 heterocycles. The smallest absolute Gasteiger partial charge is 0.305 e. The Bertz CT molecular complexity index is 514. The van der Waals surface area contributed by atoms with Crippen molar-refractivity contribution < 1.29 is 24.0 Å². The summed E-state index contributed by atoms with van der Waals surface area (Å²) in [6, 6.07) is 4.00. The number of carbonyl (C=O) groups is 2. The lowest BCUT2D eigenvalue weighted by atomic mass is 10.2. The molecule has 21 heavy (non-hydrogen) atoms. The Hall–Kier alpha value is -2.44. The third-order valence-corrected chi connectivity index (χ3v) is 2.67. The highest BCUT2D eigenvalue weighted by molar-refractivity contribution is 5.82. The van der Waals surface area contributed by atoms with Gasteiger partial charge < -0.3 is 9.47 Å². The molecule has 0 aliphatic carbocycles. The minimum atomic E-state index is -0.618. The number of hydrogen-bond acceptors (Lipinski definition) is 6. The topological polar surface area (TPSA) is 95.7 Å². The Morgan fingerprint density at radius 3 is 2.76 bits per heavy atom. The van der Waals surface area contributed by atoms with Crippen molar-refractivity contribution in [1.29, 1.82) is 0 Å². The highest BCUT2D eigenvalue weighted by Gasteiger charge is 2.13. The molecule has 0 N–H and O–H groups in total. The van der Waals surface area contributed by atoms with Gasteiger partial charge in [-0.2, -0.15) is 0 Å². The molecule has 0 aromatic heterocycles. The largest absolute Gasteiger partial charge is 0.494 e. The van der Waals surface area contributed by atoms with Gasteiger partial charge in [-0.1, -0.05) is 0 Å².